The molecule has 3 fully saturated rings. The molecule has 2 N–H and O–H groups in total. The van der Waals surface area contributed by atoms with Crippen molar-refractivity contribution < 1.29 is 24.4 Å². The van der Waals surface area contributed by atoms with Gasteiger partial charge in [0.25, 0.3) is 0 Å². The zero-order valence-corrected chi connectivity index (χ0v) is 19.5. The predicted molar refractivity (Wildman–Crippen MR) is 120 cm³/mol. The molecule has 1 unspecified atom stereocenters. The molecule has 0 aliphatic heterocycles. The van der Waals surface area contributed by atoms with E-state index < -0.39 is 11.7 Å². The number of benzene rings is 1. The zero-order valence-electron chi connectivity index (χ0n) is 19.5. The summed E-state index contributed by atoms with van der Waals surface area (Å²) in [7, 11) is 3.33. The minimum Gasteiger partial charge on any atom is -0.497 e. The number of ether oxygens (including phenoxy) is 3. The second-order valence-corrected chi connectivity index (χ2v) is 10.7. The van der Waals surface area contributed by atoms with E-state index in [-0.39, 0.29) is 30.1 Å². The summed E-state index contributed by atoms with van der Waals surface area (Å²) in [5.74, 6) is 2.35. The van der Waals surface area contributed by atoms with Crippen LogP contribution in [0, 0.1) is 29.1 Å². The van der Waals surface area contributed by atoms with Crippen LogP contribution in [-0.4, -0.2) is 49.0 Å². The summed E-state index contributed by atoms with van der Waals surface area (Å²) in [5, 5.41) is 22.6. The molecule has 31 heavy (non-hydrogen) atoms. The molecule has 1 aromatic rings. The second kappa shape index (κ2) is 9.01. The Hall–Kier alpha value is -1.14. The van der Waals surface area contributed by atoms with E-state index in [0.29, 0.717) is 11.8 Å². The second-order valence-electron chi connectivity index (χ2n) is 10.7. The highest BCUT2D eigenvalue weighted by atomic mass is 16.7. The van der Waals surface area contributed by atoms with E-state index in [1.54, 1.807) is 14.2 Å². The van der Waals surface area contributed by atoms with Crippen molar-refractivity contribution in [2.75, 3.05) is 21.0 Å². The topological polar surface area (TPSA) is 68.2 Å². The first-order valence-electron chi connectivity index (χ1n) is 11.9. The zero-order chi connectivity index (χ0) is 22.2. The van der Waals surface area contributed by atoms with Crippen molar-refractivity contribution in [1.82, 2.24) is 0 Å². The lowest BCUT2D eigenvalue weighted by molar-refractivity contribution is -0.208. The summed E-state index contributed by atoms with van der Waals surface area (Å²) in [4.78, 5) is 0. The molecule has 3 aliphatic rings. The van der Waals surface area contributed by atoms with Gasteiger partial charge < -0.3 is 24.4 Å². The molecule has 0 spiro atoms. The first kappa shape index (κ1) is 23.0. The Kier molecular flexibility index (Phi) is 6.69. The summed E-state index contributed by atoms with van der Waals surface area (Å²) in [6.45, 7) is 4.67. The molecule has 174 valence electrons. The van der Waals surface area contributed by atoms with Crippen LogP contribution in [0.3, 0.4) is 0 Å². The summed E-state index contributed by atoms with van der Waals surface area (Å²) in [6, 6.07) is 8.27. The average molecular weight is 433 g/mol. The van der Waals surface area contributed by atoms with E-state index in [4.69, 9.17) is 14.2 Å². The van der Waals surface area contributed by atoms with Gasteiger partial charge in [-0.05, 0) is 98.7 Å². The largest absolute Gasteiger partial charge is 0.497 e. The smallest absolute Gasteiger partial charge is 0.146 e. The minimum absolute atomic E-state index is 0.0956. The molecule has 5 heteroatoms. The van der Waals surface area contributed by atoms with Gasteiger partial charge in [0.15, 0.2) is 0 Å². The maximum atomic E-state index is 11.4. The van der Waals surface area contributed by atoms with E-state index in [1.165, 1.54) is 5.56 Å². The Balaban J connectivity index is 1.56. The number of fused-ring (bicyclic) bond motifs is 3. The summed E-state index contributed by atoms with van der Waals surface area (Å²) in [6.07, 6.45) is 6.16. The summed E-state index contributed by atoms with van der Waals surface area (Å²) in [5.41, 5.74) is 0.665. The quantitative estimate of drug-likeness (QED) is 0.660. The SMILES string of the molecule is COCO[C@H]1CC[C@@]2(C)[C@@H](CC[C@@H]3[C@@H]2CC[C@](C)(O)[C@H]3Cc2cccc(OC)c2)C1O. The fraction of sp³-hybridized carbons (Fsp3) is 0.769. The van der Waals surface area contributed by atoms with Crippen LogP contribution < -0.4 is 4.74 Å². The van der Waals surface area contributed by atoms with Crippen LogP contribution >= 0.6 is 0 Å². The molecule has 8 atom stereocenters. The summed E-state index contributed by atoms with van der Waals surface area (Å²) < 4.78 is 16.3. The highest BCUT2D eigenvalue weighted by molar-refractivity contribution is 5.29. The van der Waals surface area contributed by atoms with E-state index in [0.717, 1.165) is 50.7 Å². The highest BCUT2D eigenvalue weighted by Gasteiger charge is 2.59. The fourth-order valence-corrected chi connectivity index (χ4v) is 7.36. The number of methoxy groups -OCH3 is 2. The molecule has 0 aromatic heterocycles. The molecule has 0 amide bonds. The lowest BCUT2D eigenvalue weighted by Gasteiger charge is -2.61. The molecular weight excluding hydrogens is 392 g/mol. The van der Waals surface area contributed by atoms with Gasteiger partial charge in [-0.3, -0.25) is 0 Å². The lowest BCUT2D eigenvalue weighted by atomic mass is 9.45. The number of rotatable bonds is 6. The summed E-state index contributed by atoms with van der Waals surface area (Å²) >= 11 is 0. The molecule has 3 saturated carbocycles. The number of aliphatic hydroxyl groups is 2. The van der Waals surface area contributed by atoms with Gasteiger partial charge in [0.1, 0.15) is 12.5 Å². The third kappa shape index (κ3) is 4.27. The molecule has 5 nitrogen and oxygen atoms in total. The van der Waals surface area contributed by atoms with Crippen LogP contribution in [0.2, 0.25) is 0 Å². The first-order chi connectivity index (χ1) is 14.8. The molecule has 4 rings (SSSR count). The van der Waals surface area contributed by atoms with Crippen molar-refractivity contribution in [2.45, 2.75) is 76.6 Å². The Bertz CT molecular complexity index is 749. The highest BCUT2D eigenvalue weighted by Crippen LogP contribution is 2.62. The molecule has 1 aromatic carbocycles. The van der Waals surface area contributed by atoms with Gasteiger partial charge in [-0.2, -0.15) is 0 Å². The van der Waals surface area contributed by atoms with Gasteiger partial charge in [-0.25, -0.2) is 0 Å². The van der Waals surface area contributed by atoms with Crippen molar-refractivity contribution in [3.63, 3.8) is 0 Å². The third-order valence-electron chi connectivity index (χ3n) is 9.05. The van der Waals surface area contributed by atoms with Gasteiger partial charge in [0, 0.05) is 7.11 Å². The Morgan fingerprint density at radius 1 is 1.03 bits per heavy atom. The van der Waals surface area contributed by atoms with Crippen molar-refractivity contribution in [3.05, 3.63) is 29.8 Å². The lowest BCUT2D eigenvalue weighted by Crippen LogP contribution is -2.60. The predicted octanol–water partition coefficient (Wildman–Crippen LogP) is 4.19. The van der Waals surface area contributed by atoms with Crippen LogP contribution in [0.15, 0.2) is 24.3 Å². The van der Waals surface area contributed by atoms with Gasteiger partial charge >= 0.3 is 0 Å². The van der Waals surface area contributed by atoms with Gasteiger partial charge in [-0.15, -0.1) is 0 Å². The molecule has 0 heterocycles. The van der Waals surface area contributed by atoms with E-state index >= 15 is 0 Å². The van der Waals surface area contributed by atoms with Gasteiger partial charge in [-0.1, -0.05) is 19.1 Å². The number of hydrogen-bond acceptors (Lipinski definition) is 5. The van der Waals surface area contributed by atoms with Crippen molar-refractivity contribution in [2.24, 2.45) is 29.1 Å². The number of hydrogen-bond donors (Lipinski definition) is 2. The maximum absolute atomic E-state index is 11.4. The van der Waals surface area contributed by atoms with Crippen molar-refractivity contribution >= 4 is 0 Å². The van der Waals surface area contributed by atoms with Crippen LogP contribution in [0.4, 0.5) is 0 Å². The van der Waals surface area contributed by atoms with Crippen molar-refractivity contribution in [1.29, 1.82) is 0 Å². The molecule has 0 radical (unpaired) electrons. The molecule has 3 aliphatic carbocycles. The van der Waals surface area contributed by atoms with E-state index in [1.807, 2.05) is 19.1 Å². The normalized spacial score (nSPS) is 42.5. The Labute approximate surface area is 187 Å². The van der Waals surface area contributed by atoms with Crippen molar-refractivity contribution in [3.8, 4) is 5.75 Å². The van der Waals surface area contributed by atoms with Crippen LogP contribution in [0.25, 0.3) is 0 Å². The van der Waals surface area contributed by atoms with E-state index in [9.17, 15) is 10.2 Å². The molecular formula is C26H40O5. The van der Waals surface area contributed by atoms with Gasteiger partial charge in [0.2, 0.25) is 0 Å². The van der Waals surface area contributed by atoms with Crippen LogP contribution in [0.1, 0.15) is 57.9 Å². The number of aliphatic hydroxyl groups excluding tert-OH is 1. The average Bonchev–Trinajstić information content (AvgIpc) is 2.75. The Morgan fingerprint density at radius 2 is 1.84 bits per heavy atom. The maximum Gasteiger partial charge on any atom is 0.146 e. The third-order valence-corrected chi connectivity index (χ3v) is 9.05. The van der Waals surface area contributed by atoms with Gasteiger partial charge in [0.05, 0.1) is 24.9 Å². The Morgan fingerprint density at radius 3 is 2.58 bits per heavy atom. The fourth-order valence-electron chi connectivity index (χ4n) is 7.36. The van der Waals surface area contributed by atoms with Crippen LogP contribution in [0.5, 0.6) is 5.75 Å². The van der Waals surface area contributed by atoms with E-state index in [2.05, 4.69) is 19.1 Å². The first-order valence-corrected chi connectivity index (χ1v) is 11.9. The minimum atomic E-state index is -0.662. The standard InChI is InChI=1S/C26H40O5/c1-25-12-11-23(31-16-29-3)24(27)21(25)9-8-19-20(25)10-13-26(2,28)22(19)15-17-6-5-7-18(14-17)30-4/h5-7,14,19-24,27-28H,8-13,15-16H2,1-4H3/t19-,20+,21+,22+,23+,24?,25-,26+/m1/s1. The molecule has 0 bridgehead atoms. The monoisotopic (exact) mass is 432 g/mol. The molecule has 0 saturated heterocycles. The van der Waals surface area contributed by atoms with Crippen LogP contribution in [-0.2, 0) is 15.9 Å².